The van der Waals surface area contributed by atoms with Gasteiger partial charge in [0.25, 0.3) is 0 Å². The average Bonchev–Trinajstić information content (AvgIpc) is 3.26. The van der Waals surface area contributed by atoms with Crippen LogP contribution in [-0.2, 0) is 9.47 Å². The molecule has 1 amide bonds. The smallest absolute Gasteiger partial charge is 0.410 e. The summed E-state index contributed by atoms with van der Waals surface area (Å²) in [7, 11) is 7.92. The number of nitrogens with one attached hydrogen (secondary N) is 1. The number of rotatable bonds is 13. The van der Waals surface area contributed by atoms with Crippen molar-refractivity contribution in [1.29, 1.82) is 0 Å². The predicted molar refractivity (Wildman–Crippen MR) is 158 cm³/mol. The van der Waals surface area contributed by atoms with Gasteiger partial charge in [-0.3, -0.25) is 0 Å². The molecule has 0 aliphatic carbocycles. The van der Waals surface area contributed by atoms with E-state index in [2.05, 4.69) is 43.0 Å². The lowest BCUT2D eigenvalue weighted by Gasteiger charge is -2.24. The van der Waals surface area contributed by atoms with Crippen LogP contribution in [0.2, 0.25) is 0 Å². The summed E-state index contributed by atoms with van der Waals surface area (Å²) >= 11 is 0. The van der Waals surface area contributed by atoms with E-state index in [0.29, 0.717) is 13.1 Å². The number of carbonyl (C=O) groups is 1. The van der Waals surface area contributed by atoms with Crippen LogP contribution in [0.15, 0.2) is 47.2 Å². The van der Waals surface area contributed by atoms with Crippen molar-refractivity contribution in [3.63, 3.8) is 0 Å². The van der Waals surface area contributed by atoms with E-state index in [9.17, 15) is 4.79 Å². The van der Waals surface area contributed by atoms with Gasteiger partial charge in [-0.2, -0.15) is 0 Å². The lowest BCUT2D eigenvalue weighted by Crippen LogP contribution is -2.36. The zero-order valence-corrected chi connectivity index (χ0v) is 25.3. The SMILES string of the molecule is C=C(\C=C(CCN(C)C)/C(/C=C/C)=C(\C)N)CCCCCOC1CCN(C(=O)OC(C)(C)C)C1.CNC. The molecule has 7 nitrogen and oxygen atoms in total. The third-order valence-electron chi connectivity index (χ3n) is 5.60. The maximum atomic E-state index is 12.2. The van der Waals surface area contributed by atoms with E-state index in [1.807, 2.05) is 54.8 Å². The van der Waals surface area contributed by atoms with Gasteiger partial charge < -0.3 is 30.3 Å². The lowest BCUT2D eigenvalue weighted by atomic mass is 9.96. The molecule has 37 heavy (non-hydrogen) atoms. The molecule has 0 bridgehead atoms. The fourth-order valence-corrected chi connectivity index (χ4v) is 3.84. The molecule has 1 unspecified atom stereocenters. The van der Waals surface area contributed by atoms with Crippen molar-refractivity contribution in [2.24, 2.45) is 5.73 Å². The van der Waals surface area contributed by atoms with Crippen LogP contribution in [0.3, 0.4) is 0 Å². The molecular formula is C30H56N4O3. The van der Waals surface area contributed by atoms with E-state index >= 15 is 0 Å². The van der Waals surface area contributed by atoms with E-state index in [0.717, 1.165) is 68.5 Å². The van der Waals surface area contributed by atoms with Gasteiger partial charge in [0.2, 0.25) is 0 Å². The molecular weight excluding hydrogens is 464 g/mol. The van der Waals surface area contributed by atoms with Crippen LogP contribution < -0.4 is 11.1 Å². The molecule has 1 aliphatic heterocycles. The highest BCUT2D eigenvalue weighted by atomic mass is 16.6. The second-order valence-electron chi connectivity index (χ2n) is 11.0. The molecule has 1 saturated heterocycles. The summed E-state index contributed by atoms with van der Waals surface area (Å²) in [6, 6.07) is 0. The largest absolute Gasteiger partial charge is 0.444 e. The summed E-state index contributed by atoms with van der Waals surface area (Å²) < 4.78 is 11.5. The van der Waals surface area contributed by atoms with E-state index < -0.39 is 5.60 Å². The van der Waals surface area contributed by atoms with E-state index in [-0.39, 0.29) is 12.2 Å². The lowest BCUT2D eigenvalue weighted by molar-refractivity contribution is 0.0206. The second-order valence-corrected chi connectivity index (χ2v) is 11.0. The van der Waals surface area contributed by atoms with Gasteiger partial charge >= 0.3 is 6.09 Å². The molecule has 0 spiro atoms. The summed E-state index contributed by atoms with van der Waals surface area (Å²) in [6.45, 7) is 17.0. The van der Waals surface area contributed by atoms with Crippen LogP contribution in [0.1, 0.15) is 73.1 Å². The Hall–Kier alpha value is -2.09. The number of ether oxygens (including phenoxy) is 2. The van der Waals surface area contributed by atoms with Crippen molar-refractivity contribution < 1.29 is 14.3 Å². The molecule has 214 valence electrons. The number of carbonyl (C=O) groups excluding carboxylic acids is 1. The van der Waals surface area contributed by atoms with Crippen LogP contribution in [0.25, 0.3) is 0 Å². The predicted octanol–water partition coefficient (Wildman–Crippen LogP) is 5.65. The Balaban J connectivity index is 0.00000410. The van der Waals surface area contributed by atoms with Gasteiger partial charge in [0.1, 0.15) is 5.60 Å². The fourth-order valence-electron chi connectivity index (χ4n) is 3.84. The monoisotopic (exact) mass is 520 g/mol. The Morgan fingerprint density at radius 1 is 1.19 bits per heavy atom. The van der Waals surface area contributed by atoms with Gasteiger partial charge in [-0.1, -0.05) is 36.8 Å². The summed E-state index contributed by atoms with van der Waals surface area (Å²) in [4.78, 5) is 16.1. The molecule has 0 aromatic heterocycles. The molecule has 1 atom stereocenters. The van der Waals surface area contributed by atoms with Crippen LogP contribution >= 0.6 is 0 Å². The van der Waals surface area contributed by atoms with Gasteiger partial charge in [0, 0.05) is 25.4 Å². The van der Waals surface area contributed by atoms with Crippen molar-refractivity contribution in [2.45, 2.75) is 84.8 Å². The normalized spacial score (nSPS) is 17.1. The van der Waals surface area contributed by atoms with Crippen molar-refractivity contribution in [1.82, 2.24) is 15.1 Å². The standard InChI is InChI=1S/C28H49N3O3.C2H7N/c1-9-13-26(23(3)29)24(15-17-30(7)8)20-22(2)14-11-10-12-19-33-25-16-18-31(21-25)27(32)34-28(4,5)6;1-3-2/h9,13,20,25H,2,10-12,14-19,21,29H2,1,3-8H3;3H,1-2H3/b13-9+,24-20-,26-23+;. The summed E-state index contributed by atoms with van der Waals surface area (Å²) in [6.07, 6.45) is 12.2. The first kappa shape index (κ1) is 34.9. The van der Waals surface area contributed by atoms with Gasteiger partial charge in [0.15, 0.2) is 0 Å². The maximum Gasteiger partial charge on any atom is 0.410 e. The highest BCUT2D eigenvalue weighted by Crippen LogP contribution is 2.22. The van der Waals surface area contributed by atoms with Crippen LogP contribution in [0.5, 0.6) is 0 Å². The quantitative estimate of drug-likeness (QED) is 0.241. The van der Waals surface area contributed by atoms with Crippen LogP contribution in [0, 0.1) is 0 Å². The van der Waals surface area contributed by atoms with Crippen LogP contribution in [-0.4, -0.2) is 82.0 Å². The fraction of sp³-hybridized carbons (Fsp3) is 0.700. The molecule has 1 aliphatic rings. The molecule has 3 N–H and O–H groups in total. The molecule has 1 heterocycles. The number of nitrogens with two attached hydrogens (primary N) is 1. The minimum absolute atomic E-state index is 0.112. The Bertz CT molecular complexity index is 759. The molecule has 0 aromatic carbocycles. The van der Waals surface area contributed by atoms with Crippen molar-refractivity contribution in [2.75, 3.05) is 54.4 Å². The van der Waals surface area contributed by atoms with Gasteiger partial charge in [-0.05, 0) is 106 Å². The number of amides is 1. The van der Waals surface area contributed by atoms with Gasteiger partial charge in [0.05, 0.1) is 12.6 Å². The third-order valence-corrected chi connectivity index (χ3v) is 5.60. The Morgan fingerprint density at radius 2 is 1.84 bits per heavy atom. The number of likely N-dealkylation sites (tertiary alicyclic amines) is 1. The molecule has 0 aromatic rings. The van der Waals surface area contributed by atoms with Gasteiger partial charge in [-0.25, -0.2) is 4.79 Å². The van der Waals surface area contributed by atoms with E-state index in [1.54, 1.807) is 4.90 Å². The number of nitrogens with zero attached hydrogens (tertiary/aromatic N) is 2. The first-order valence-electron chi connectivity index (χ1n) is 13.6. The maximum absolute atomic E-state index is 12.2. The first-order valence-corrected chi connectivity index (χ1v) is 13.6. The molecule has 1 fully saturated rings. The highest BCUT2D eigenvalue weighted by molar-refractivity contribution is 5.68. The van der Waals surface area contributed by atoms with Crippen molar-refractivity contribution >= 4 is 6.09 Å². The molecule has 0 saturated carbocycles. The molecule has 0 radical (unpaired) electrons. The summed E-state index contributed by atoms with van der Waals surface area (Å²) in [5.74, 6) is 0. The zero-order valence-electron chi connectivity index (χ0n) is 25.3. The molecule has 7 heteroatoms. The Morgan fingerprint density at radius 3 is 2.38 bits per heavy atom. The summed E-state index contributed by atoms with van der Waals surface area (Å²) in [5, 5.41) is 2.75. The van der Waals surface area contributed by atoms with E-state index in [1.165, 1.54) is 5.57 Å². The third kappa shape index (κ3) is 17.1. The van der Waals surface area contributed by atoms with E-state index in [4.69, 9.17) is 15.2 Å². The van der Waals surface area contributed by atoms with Crippen molar-refractivity contribution in [3.8, 4) is 0 Å². The number of allylic oxidation sites excluding steroid dienone is 6. The Kier molecular flexibility index (Phi) is 18.0. The van der Waals surface area contributed by atoms with Crippen LogP contribution in [0.4, 0.5) is 4.79 Å². The number of unbranched alkanes of at least 4 members (excludes halogenated alkanes) is 2. The summed E-state index contributed by atoms with van der Waals surface area (Å²) in [5.41, 5.74) is 10.0. The first-order chi connectivity index (χ1) is 17.3. The van der Waals surface area contributed by atoms with Gasteiger partial charge in [-0.15, -0.1) is 0 Å². The molecule has 1 rings (SSSR count). The number of hydrogen-bond donors (Lipinski definition) is 2. The second kappa shape index (κ2) is 19.0. The van der Waals surface area contributed by atoms with Crippen molar-refractivity contribution in [3.05, 3.63) is 47.2 Å². The highest BCUT2D eigenvalue weighted by Gasteiger charge is 2.30. The minimum atomic E-state index is -0.462. The number of hydrogen-bond acceptors (Lipinski definition) is 6. The topological polar surface area (TPSA) is 80.1 Å². The zero-order chi connectivity index (χ0) is 28.4. The Labute approximate surface area is 227 Å². The average molecular weight is 521 g/mol. The minimum Gasteiger partial charge on any atom is -0.444 e.